The zero-order chi connectivity index (χ0) is 18.5. The number of nitrogens with zero attached hydrogens (tertiary/aromatic N) is 5. The number of ether oxygens (including phenoxy) is 1. The maximum absolute atomic E-state index is 13.2. The predicted octanol–water partition coefficient (Wildman–Crippen LogP) is 3.01. The van der Waals surface area contributed by atoms with Crippen LogP contribution in [0, 0.1) is 25.7 Å². The van der Waals surface area contributed by atoms with Crippen LogP contribution in [0.15, 0.2) is 0 Å². The molecule has 4 rings (SSSR count). The lowest BCUT2D eigenvalue weighted by atomic mass is 9.84. The lowest BCUT2D eigenvalue weighted by Crippen LogP contribution is -2.37. The number of rotatable bonds is 2. The van der Waals surface area contributed by atoms with Gasteiger partial charge in [0, 0.05) is 37.4 Å². The Balaban J connectivity index is 1.63. The van der Waals surface area contributed by atoms with Crippen LogP contribution in [0.4, 0.5) is 19.0 Å². The molecule has 1 unspecified atom stereocenters. The van der Waals surface area contributed by atoms with Crippen LogP contribution in [0.5, 0.6) is 0 Å². The van der Waals surface area contributed by atoms with Crippen molar-refractivity contribution < 1.29 is 17.9 Å². The van der Waals surface area contributed by atoms with Gasteiger partial charge in [-0.15, -0.1) is 15.3 Å². The van der Waals surface area contributed by atoms with E-state index in [1.54, 1.807) is 6.92 Å². The zero-order valence-corrected chi connectivity index (χ0v) is 14.9. The van der Waals surface area contributed by atoms with E-state index in [-0.39, 0.29) is 5.65 Å². The number of alkyl halides is 3. The SMILES string of the molecule is Cc1c(N2CCC(C3CCOC3)CC2)nn2c(C(F)(F)F)nnc2c1C. The fourth-order valence-corrected chi connectivity index (χ4v) is 4.10. The zero-order valence-electron chi connectivity index (χ0n) is 14.9. The van der Waals surface area contributed by atoms with E-state index in [9.17, 15) is 13.2 Å². The van der Waals surface area contributed by atoms with Gasteiger partial charge in [-0.1, -0.05) is 0 Å². The van der Waals surface area contributed by atoms with E-state index in [2.05, 4.69) is 20.2 Å². The molecular formula is C17H22F3N5O. The first-order chi connectivity index (χ1) is 12.4. The molecule has 2 aliphatic heterocycles. The number of fused-ring (bicyclic) bond motifs is 1. The normalized spacial score (nSPS) is 22.5. The van der Waals surface area contributed by atoms with E-state index in [0.29, 0.717) is 23.2 Å². The molecule has 2 saturated heterocycles. The van der Waals surface area contributed by atoms with Crippen molar-refractivity contribution in [2.75, 3.05) is 31.2 Å². The molecule has 0 radical (unpaired) electrons. The molecule has 6 nitrogen and oxygen atoms in total. The van der Waals surface area contributed by atoms with E-state index >= 15 is 0 Å². The van der Waals surface area contributed by atoms with Crippen LogP contribution in [-0.2, 0) is 10.9 Å². The molecule has 0 aliphatic carbocycles. The average molecular weight is 369 g/mol. The van der Waals surface area contributed by atoms with Crippen LogP contribution in [0.2, 0.25) is 0 Å². The van der Waals surface area contributed by atoms with Gasteiger partial charge in [0.15, 0.2) is 11.5 Å². The summed E-state index contributed by atoms with van der Waals surface area (Å²) in [5.74, 6) is 0.765. The number of hydrogen-bond acceptors (Lipinski definition) is 5. The average Bonchev–Trinajstić information content (AvgIpc) is 3.27. The molecule has 0 aromatic carbocycles. The van der Waals surface area contributed by atoms with E-state index in [4.69, 9.17) is 4.74 Å². The second-order valence-electron chi connectivity index (χ2n) is 7.28. The molecule has 9 heteroatoms. The van der Waals surface area contributed by atoms with Gasteiger partial charge >= 0.3 is 6.18 Å². The van der Waals surface area contributed by atoms with Crippen LogP contribution >= 0.6 is 0 Å². The van der Waals surface area contributed by atoms with Crippen molar-refractivity contribution >= 4 is 11.5 Å². The highest BCUT2D eigenvalue weighted by Gasteiger charge is 2.38. The smallest absolute Gasteiger partial charge is 0.381 e. The monoisotopic (exact) mass is 369 g/mol. The number of halogens is 3. The van der Waals surface area contributed by atoms with Crippen molar-refractivity contribution in [3.63, 3.8) is 0 Å². The summed E-state index contributed by atoms with van der Waals surface area (Å²) >= 11 is 0. The summed E-state index contributed by atoms with van der Waals surface area (Å²) in [6.07, 6.45) is -1.44. The Labute approximate surface area is 149 Å². The highest BCUT2D eigenvalue weighted by atomic mass is 19.4. The maximum atomic E-state index is 13.2. The molecule has 0 bridgehead atoms. The third-order valence-electron chi connectivity index (χ3n) is 5.79. The highest BCUT2D eigenvalue weighted by molar-refractivity contribution is 5.59. The quantitative estimate of drug-likeness (QED) is 0.815. The third kappa shape index (κ3) is 2.91. The number of anilines is 1. The van der Waals surface area contributed by atoms with Gasteiger partial charge in [-0.05, 0) is 44.9 Å². The largest absolute Gasteiger partial charge is 0.453 e. The lowest BCUT2D eigenvalue weighted by Gasteiger charge is -2.35. The van der Waals surface area contributed by atoms with Crippen LogP contribution in [0.3, 0.4) is 0 Å². The molecule has 142 valence electrons. The summed E-state index contributed by atoms with van der Waals surface area (Å²) in [7, 11) is 0. The van der Waals surface area contributed by atoms with Crippen molar-refractivity contribution in [3.05, 3.63) is 17.0 Å². The summed E-state index contributed by atoms with van der Waals surface area (Å²) in [4.78, 5) is 2.09. The van der Waals surface area contributed by atoms with Crippen LogP contribution in [0.25, 0.3) is 5.65 Å². The molecule has 2 aromatic heterocycles. The minimum atomic E-state index is -4.58. The lowest BCUT2D eigenvalue weighted by molar-refractivity contribution is -0.146. The summed E-state index contributed by atoms with van der Waals surface area (Å²) < 4.78 is 45.9. The Morgan fingerprint density at radius 3 is 2.35 bits per heavy atom. The Hall–Kier alpha value is -1.90. The second kappa shape index (κ2) is 6.37. The van der Waals surface area contributed by atoms with Crippen molar-refractivity contribution in [2.45, 2.75) is 39.3 Å². The van der Waals surface area contributed by atoms with Gasteiger partial charge in [0.05, 0.1) is 0 Å². The van der Waals surface area contributed by atoms with Crippen LogP contribution < -0.4 is 4.90 Å². The van der Waals surface area contributed by atoms with E-state index in [1.165, 1.54) is 0 Å². The topological polar surface area (TPSA) is 55.5 Å². The van der Waals surface area contributed by atoms with Gasteiger partial charge < -0.3 is 9.64 Å². The van der Waals surface area contributed by atoms with E-state index in [1.807, 2.05) is 6.92 Å². The molecular weight excluding hydrogens is 347 g/mol. The third-order valence-corrected chi connectivity index (χ3v) is 5.79. The van der Waals surface area contributed by atoms with Crippen molar-refractivity contribution in [1.82, 2.24) is 19.8 Å². The fourth-order valence-electron chi connectivity index (χ4n) is 4.10. The Bertz CT molecular complexity index is 805. The first-order valence-electron chi connectivity index (χ1n) is 8.98. The van der Waals surface area contributed by atoms with E-state index in [0.717, 1.165) is 55.6 Å². The fraction of sp³-hybridized carbons (Fsp3) is 0.706. The predicted molar refractivity (Wildman–Crippen MR) is 89.1 cm³/mol. The molecule has 0 N–H and O–H groups in total. The summed E-state index contributed by atoms with van der Waals surface area (Å²) in [6, 6.07) is 0. The number of aryl methyl sites for hydroxylation is 1. The Kier molecular flexibility index (Phi) is 4.29. The first-order valence-corrected chi connectivity index (χ1v) is 8.98. The van der Waals surface area contributed by atoms with Gasteiger partial charge in [0.1, 0.15) is 0 Å². The first kappa shape index (κ1) is 17.5. The molecule has 0 amide bonds. The molecule has 0 spiro atoms. The minimum absolute atomic E-state index is 0.163. The molecule has 2 aliphatic rings. The Morgan fingerprint density at radius 2 is 1.73 bits per heavy atom. The molecule has 4 heterocycles. The summed E-state index contributed by atoms with van der Waals surface area (Å²) in [5, 5.41) is 11.3. The van der Waals surface area contributed by atoms with Crippen molar-refractivity contribution in [1.29, 1.82) is 0 Å². The number of aromatic nitrogens is 4. The van der Waals surface area contributed by atoms with Gasteiger partial charge in [-0.3, -0.25) is 0 Å². The maximum Gasteiger partial charge on any atom is 0.453 e. The van der Waals surface area contributed by atoms with Gasteiger partial charge in [-0.2, -0.15) is 17.7 Å². The molecule has 0 saturated carbocycles. The second-order valence-corrected chi connectivity index (χ2v) is 7.28. The molecule has 2 aromatic rings. The number of hydrogen-bond donors (Lipinski definition) is 0. The summed E-state index contributed by atoms with van der Waals surface area (Å²) in [5.41, 5.74) is 1.71. The molecule has 1 atom stereocenters. The molecule has 26 heavy (non-hydrogen) atoms. The van der Waals surface area contributed by atoms with Crippen molar-refractivity contribution in [3.8, 4) is 0 Å². The summed E-state index contributed by atoms with van der Waals surface area (Å²) in [6.45, 7) is 6.93. The Morgan fingerprint density at radius 1 is 1.00 bits per heavy atom. The standard InChI is InChI=1S/C17H22F3N5O/c1-10-11(2)15(23-25-14(10)21-22-16(25)17(18,19)20)24-6-3-12(4-7-24)13-5-8-26-9-13/h12-13H,3-9H2,1-2H3. The van der Waals surface area contributed by atoms with Gasteiger partial charge in [-0.25, -0.2) is 0 Å². The van der Waals surface area contributed by atoms with Crippen LogP contribution in [0.1, 0.15) is 36.2 Å². The van der Waals surface area contributed by atoms with Crippen LogP contribution in [-0.4, -0.2) is 46.1 Å². The van der Waals surface area contributed by atoms with E-state index < -0.39 is 12.0 Å². The number of piperidine rings is 1. The minimum Gasteiger partial charge on any atom is -0.381 e. The van der Waals surface area contributed by atoms with Crippen molar-refractivity contribution in [2.24, 2.45) is 11.8 Å². The van der Waals surface area contributed by atoms with Gasteiger partial charge in [0.25, 0.3) is 5.82 Å². The highest BCUT2D eigenvalue weighted by Crippen LogP contribution is 2.34. The van der Waals surface area contributed by atoms with Gasteiger partial charge in [0.2, 0.25) is 0 Å². The molecule has 2 fully saturated rings.